The molecule has 4 rings (SSSR count). The van der Waals surface area contributed by atoms with E-state index in [1.807, 2.05) is 0 Å². The highest BCUT2D eigenvalue weighted by molar-refractivity contribution is 5.78. The van der Waals surface area contributed by atoms with Gasteiger partial charge in [-0.3, -0.25) is 4.79 Å². The predicted molar refractivity (Wildman–Crippen MR) is 71.1 cm³/mol. The fraction of sp³-hybridized carbons (Fsp3) is 0.188. The Kier molecular flexibility index (Phi) is 2.60. The van der Waals surface area contributed by atoms with Crippen LogP contribution in [0.15, 0.2) is 36.4 Å². The lowest BCUT2D eigenvalue weighted by Gasteiger charge is -2.25. The SMILES string of the molecule is O=C1CC(c2ccccc2F)c2cc3c(cc2O1)OCO3. The summed E-state index contributed by atoms with van der Waals surface area (Å²) in [7, 11) is 0. The van der Waals surface area contributed by atoms with E-state index < -0.39 is 0 Å². The topological polar surface area (TPSA) is 44.8 Å². The van der Waals surface area contributed by atoms with Gasteiger partial charge in [-0.1, -0.05) is 18.2 Å². The Morgan fingerprint density at radius 2 is 1.76 bits per heavy atom. The molecule has 2 aromatic carbocycles. The monoisotopic (exact) mass is 286 g/mol. The first-order valence-electron chi connectivity index (χ1n) is 6.61. The maximum absolute atomic E-state index is 14.1. The van der Waals surface area contributed by atoms with Gasteiger partial charge in [0.15, 0.2) is 11.5 Å². The highest BCUT2D eigenvalue weighted by Gasteiger charge is 2.32. The Labute approximate surface area is 120 Å². The maximum atomic E-state index is 14.1. The van der Waals surface area contributed by atoms with Crippen molar-refractivity contribution in [1.82, 2.24) is 0 Å². The van der Waals surface area contributed by atoms with Gasteiger partial charge >= 0.3 is 5.97 Å². The lowest BCUT2D eigenvalue weighted by Crippen LogP contribution is -2.21. The molecule has 4 nitrogen and oxygen atoms in total. The first-order valence-corrected chi connectivity index (χ1v) is 6.61. The molecule has 5 heteroatoms. The zero-order valence-electron chi connectivity index (χ0n) is 11.0. The largest absolute Gasteiger partial charge is 0.454 e. The Morgan fingerprint density at radius 3 is 2.57 bits per heavy atom. The summed E-state index contributed by atoms with van der Waals surface area (Å²) in [6.07, 6.45) is 0.105. The van der Waals surface area contributed by atoms with Gasteiger partial charge in [0.2, 0.25) is 6.79 Å². The van der Waals surface area contributed by atoms with Crippen molar-refractivity contribution in [3.63, 3.8) is 0 Å². The van der Waals surface area contributed by atoms with Gasteiger partial charge < -0.3 is 14.2 Å². The van der Waals surface area contributed by atoms with Crippen LogP contribution in [0.2, 0.25) is 0 Å². The molecule has 2 aliphatic rings. The molecule has 2 aromatic rings. The van der Waals surface area contributed by atoms with Gasteiger partial charge in [-0.25, -0.2) is 4.39 Å². The minimum atomic E-state index is -0.380. The summed E-state index contributed by atoms with van der Waals surface area (Å²) in [6.45, 7) is 0.135. The van der Waals surface area contributed by atoms with Crippen LogP contribution >= 0.6 is 0 Å². The summed E-state index contributed by atoms with van der Waals surface area (Å²) < 4.78 is 29.9. The quantitative estimate of drug-likeness (QED) is 0.597. The van der Waals surface area contributed by atoms with E-state index in [1.165, 1.54) is 6.07 Å². The molecule has 1 atom stereocenters. The van der Waals surface area contributed by atoms with Crippen LogP contribution in [-0.4, -0.2) is 12.8 Å². The molecule has 0 fully saturated rings. The molecular formula is C16H11FO4. The molecule has 0 spiro atoms. The molecule has 1 unspecified atom stereocenters. The summed E-state index contributed by atoms with van der Waals surface area (Å²) in [5.74, 6) is 0.444. The van der Waals surface area contributed by atoms with E-state index in [2.05, 4.69) is 0 Å². The summed E-state index contributed by atoms with van der Waals surface area (Å²) in [5.41, 5.74) is 1.22. The van der Waals surface area contributed by atoms with Gasteiger partial charge in [0.25, 0.3) is 0 Å². The van der Waals surface area contributed by atoms with E-state index in [-0.39, 0.29) is 30.9 Å². The van der Waals surface area contributed by atoms with Crippen LogP contribution in [0.4, 0.5) is 4.39 Å². The molecule has 0 saturated carbocycles. The lowest BCUT2D eigenvalue weighted by molar-refractivity contribution is -0.135. The molecule has 0 amide bonds. The van der Waals surface area contributed by atoms with Crippen LogP contribution < -0.4 is 14.2 Å². The Hall–Kier alpha value is -2.56. The summed E-state index contributed by atoms with van der Waals surface area (Å²) in [5, 5.41) is 0. The number of carbonyl (C=O) groups is 1. The predicted octanol–water partition coefficient (Wildman–Crippen LogP) is 3.00. The second-order valence-corrected chi connectivity index (χ2v) is 5.00. The summed E-state index contributed by atoms with van der Waals surface area (Å²) in [6, 6.07) is 9.85. The van der Waals surface area contributed by atoms with Gasteiger partial charge in [0.05, 0.1) is 6.42 Å². The highest BCUT2D eigenvalue weighted by atomic mass is 19.1. The molecule has 0 saturated heterocycles. The van der Waals surface area contributed by atoms with Crippen molar-refractivity contribution in [3.05, 3.63) is 53.3 Å². The second-order valence-electron chi connectivity index (χ2n) is 5.00. The smallest absolute Gasteiger partial charge is 0.312 e. The van der Waals surface area contributed by atoms with Crippen molar-refractivity contribution >= 4 is 5.97 Å². The van der Waals surface area contributed by atoms with Crippen LogP contribution in [0.3, 0.4) is 0 Å². The second kappa shape index (κ2) is 4.48. The highest BCUT2D eigenvalue weighted by Crippen LogP contribution is 2.46. The summed E-state index contributed by atoms with van der Waals surface area (Å²) >= 11 is 0. The molecule has 0 aromatic heterocycles. The molecule has 2 aliphatic heterocycles. The van der Waals surface area contributed by atoms with Gasteiger partial charge in [-0.15, -0.1) is 0 Å². The molecule has 0 aliphatic carbocycles. The van der Waals surface area contributed by atoms with Crippen LogP contribution in [0.1, 0.15) is 23.5 Å². The number of benzene rings is 2. The third-order valence-electron chi connectivity index (χ3n) is 3.76. The molecule has 0 radical (unpaired) electrons. The number of ether oxygens (including phenoxy) is 3. The molecule has 21 heavy (non-hydrogen) atoms. The van der Waals surface area contributed by atoms with Gasteiger partial charge in [-0.05, 0) is 17.7 Å². The average Bonchev–Trinajstić information content (AvgIpc) is 2.92. The third-order valence-corrected chi connectivity index (χ3v) is 3.76. The minimum Gasteiger partial charge on any atom is -0.454 e. The van der Waals surface area contributed by atoms with Crippen LogP contribution in [0, 0.1) is 5.82 Å². The molecule has 106 valence electrons. The lowest BCUT2D eigenvalue weighted by atomic mass is 9.86. The van der Waals surface area contributed by atoms with E-state index >= 15 is 0 Å². The van der Waals surface area contributed by atoms with Gasteiger partial charge in [0.1, 0.15) is 11.6 Å². The van der Waals surface area contributed by atoms with Gasteiger partial charge in [-0.2, -0.15) is 0 Å². The van der Waals surface area contributed by atoms with E-state index in [0.29, 0.717) is 22.8 Å². The normalized spacial score (nSPS) is 19.1. The minimum absolute atomic E-state index is 0.105. The van der Waals surface area contributed by atoms with Crippen molar-refractivity contribution < 1.29 is 23.4 Å². The Bertz CT molecular complexity index is 741. The number of halogens is 1. The van der Waals surface area contributed by atoms with E-state index in [9.17, 15) is 9.18 Å². The fourth-order valence-corrected chi connectivity index (χ4v) is 2.78. The van der Waals surface area contributed by atoms with Crippen molar-refractivity contribution in [2.45, 2.75) is 12.3 Å². The number of hydrogen-bond acceptors (Lipinski definition) is 4. The zero-order chi connectivity index (χ0) is 14.4. The van der Waals surface area contributed by atoms with Crippen LogP contribution in [0.5, 0.6) is 17.2 Å². The van der Waals surface area contributed by atoms with E-state index in [0.717, 1.165) is 5.56 Å². The molecule has 2 heterocycles. The Morgan fingerprint density at radius 1 is 1.00 bits per heavy atom. The molecular weight excluding hydrogens is 275 g/mol. The van der Waals surface area contributed by atoms with Crippen molar-refractivity contribution in [2.75, 3.05) is 6.79 Å². The summed E-state index contributed by atoms with van der Waals surface area (Å²) in [4.78, 5) is 11.8. The van der Waals surface area contributed by atoms with E-state index in [4.69, 9.17) is 14.2 Å². The standard InChI is InChI=1S/C16H11FO4/c17-12-4-2-1-3-9(12)10-6-16(18)21-13-7-15-14(5-11(10)13)19-8-20-15/h1-5,7,10H,6,8H2. The number of hydrogen-bond donors (Lipinski definition) is 0. The first-order chi connectivity index (χ1) is 10.2. The number of carbonyl (C=O) groups excluding carboxylic acids is 1. The molecule has 0 N–H and O–H groups in total. The van der Waals surface area contributed by atoms with Crippen molar-refractivity contribution in [2.24, 2.45) is 0 Å². The first kappa shape index (κ1) is 12.2. The van der Waals surface area contributed by atoms with Crippen LogP contribution in [0.25, 0.3) is 0 Å². The fourth-order valence-electron chi connectivity index (χ4n) is 2.78. The number of fused-ring (bicyclic) bond motifs is 2. The average molecular weight is 286 g/mol. The zero-order valence-corrected chi connectivity index (χ0v) is 11.0. The van der Waals surface area contributed by atoms with Gasteiger partial charge in [0, 0.05) is 17.5 Å². The van der Waals surface area contributed by atoms with E-state index in [1.54, 1.807) is 30.3 Å². The maximum Gasteiger partial charge on any atom is 0.312 e. The molecule has 0 bridgehead atoms. The number of esters is 1. The van der Waals surface area contributed by atoms with Crippen molar-refractivity contribution in [1.29, 1.82) is 0 Å². The number of rotatable bonds is 1. The van der Waals surface area contributed by atoms with Crippen molar-refractivity contribution in [3.8, 4) is 17.2 Å². The Balaban J connectivity index is 1.88. The third kappa shape index (κ3) is 1.93. The van der Waals surface area contributed by atoms with Crippen LogP contribution in [-0.2, 0) is 4.79 Å².